The minimum absolute atomic E-state index is 0.0517. The largest absolute Gasteiger partial charge is 0.346 e. The van der Waals surface area contributed by atoms with Crippen LogP contribution in [0.4, 0.5) is 15.8 Å². The Morgan fingerprint density at radius 2 is 1.69 bits per heavy atom. The maximum absolute atomic E-state index is 13.0. The Balaban J connectivity index is 1.48. The summed E-state index contributed by atoms with van der Waals surface area (Å²) in [5.74, 6) is -0.221. The molecule has 1 heterocycles. The van der Waals surface area contributed by atoms with Gasteiger partial charge in [0.05, 0.1) is 4.92 Å². The van der Waals surface area contributed by atoms with Crippen molar-refractivity contribution in [2.45, 2.75) is 6.54 Å². The molecule has 26 heavy (non-hydrogen) atoms. The molecule has 0 saturated carbocycles. The van der Waals surface area contributed by atoms with Gasteiger partial charge in [-0.05, 0) is 42.0 Å². The number of thiocarbonyl (C=S) groups is 1. The standard InChI is InChI=1S/C18H19FN4O2S/c19-15-3-1-14(2-4-15)13-21-9-11-22(12-10-21)18(26)20-16-5-7-17(8-6-16)23(24)25/h1-8H,9-13H2,(H,20,26). The van der Waals surface area contributed by atoms with E-state index < -0.39 is 4.92 Å². The molecule has 1 aliphatic rings. The third-order valence-corrected chi connectivity index (χ3v) is 4.67. The second-order valence-electron chi connectivity index (χ2n) is 6.12. The molecule has 8 heteroatoms. The molecule has 1 fully saturated rings. The Labute approximate surface area is 156 Å². The van der Waals surface area contributed by atoms with E-state index >= 15 is 0 Å². The van der Waals surface area contributed by atoms with E-state index in [1.165, 1.54) is 24.3 Å². The zero-order chi connectivity index (χ0) is 18.5. The topological polar surface area (TPSA) is 61.7 Å². The molecular formula is C18H19FN4O2S. The van der Waals surface area contributed by atoms with Gasteiger partial charge in [-0.1, -0.05) is 12.1 Å². The first-order valence-electron chi connectivity index (χ1n) is 8.28. The van der Waals surface area contributed by atoms with Crippen LogP contribution in [0.3, 0.4) is 0 Å². The normalized spacial score (nSPS) is 14.9. The number of nitrogens with one attached hydrogen (secondary N) is 1. The smallest absolute Gasteiger partial charge is 0.269 e. The van der Waals surface area contributed by atoms with E-state index in [-0.39, 0.29) is 11.5 Å². The van der Waals surface area contributed by atoms with Gasteiger partial charge in [0.15, 0.2) is 5.11 Å². The molecule has 0 spiro atoms. The maximum atomic E-state index is 13.0. The third-order valence-electron chi connectivity index (χ3n) is 4.31. The number of halogens is 1. The van der Waals surface area contributed by atoms with Crippen molar-refractivity contribution in [3.8, 4) is 0 Å². The van der Waals surface area contributed by atoms with Crippen LogP contribution in [0.2, 0.25) is 0 Å². The molecule has 6 nitrogen and oxygen atoms in total. The van der Waals surface area contributed by atoms with Crippen molar-refractivity contribution in [1.82, 2.24) is 9.80 Å². The number of piperazine rings is 1. The molecule has 2 aromatic carbocycles. The van der Waals surface area contributed by atoms with Gasteiger partial charge in [-0.15, -0.1) is 0 Å². The van der Waals surface area contributed by atoms with Gasteiger partial charge in [-0.3, -0.25) is 15.0 Å². The van der Waals surface area contributed by atoms with Gasteiger partial charge in [0.1, 0.15) is 5.82 Å². The van der Waals surface area contributed by atoms with Crippen molar-refractivity contribution in [3.63, 3.8) is 0 Å². The average molecular weight is 374 g/mol. The van der Waals surface area contributed by atoms with Crippen molar-refractivity contribution in [2.75, 3.05) is 31.5 Å². The first kappa shape index (κ1) is 18.2. The molecule has 0 atom stereocenters. The summed E-state index contributed by atoms with van der Waals surface area (Å²) in [5.41, 5.74) is 1.87. The lowest BCUT2D eigenvalue weighted by atomic mass is 10.2. The number of anilines is 1. The van der Waals surface area contributed by atoms with Crippen molar-refractivity contribution < 1.29 is 9.31 Å². The van der Waals surface area contributed by atoms with Crippen LogP contribution >= 0.6 is 12.2 Å². The van der Waals surface area contributed by atoms with Crippen LogP contribution in [-0.2, 0) is 6.54 Å². The number of nitro groups is 1. The van der Waals surface area contributed by atoms with Crippen molar-refractivity contribution in [1.29, 1.82) is 0 Å². The fourth-order valence-electron chi connectivity index (χ4n) is 2.83. The van der Waals surface area contributed by atoms with Crippen LogP contribution in [0.1, 0.15) is 5.56 Å². The predicted octanol–water partition coefficient (Wildman–Crippen LogP) is 3.25. The molecule has 2 aromatic rings. The molecular weight excluding hydrogens is 355 g/mol. The molecule has 136 valence electrons. The van der Waals surface area contributed by atoms with Crippen LogP contribution in [0.15, 0.2) is 48.5 Å². The first-order valence-corrected chi connectivity index (χ1v) is 8.69. The lowest BCUT2D eigenvalue weighted by Gasteiger charge is -2.36. The third kappa shape index (κ3) is 4.74. The first-order chi connectivity index (χ1) is 12.5. The highest BCUT2D eigenvalue weighted by Crippen LogP contribution is 2.16. The molecule has 0 amide bonds. The van der Waals surface area contributed by atoms with E-state index in [1.54, 1.807) is 12.1 Å². The molecule has 1 aliphatic heterocycles. The highest BCUT2D eigenvalue weighted by molar-refractivity contribution is 7.80. The van der Waals surface area contributed by atoms with Crippen LogP contribution in [0.25, 0.3) is 0 Å². The van der Waals surface area contributed by atoms with Crippen LogP contribution < -0.4 is 5.32 Å². The van der Waals surface area contributed by atoms with Crippen molar-refractivity contribution >= 4 is 28.7 Å². The summed E-state index contributed by atoms with van der Waals surface area (Å²) >= 11 is 5.44. The Hall–Kier alpha value is -2.58. The van der Waals surface area contributed by atoms with Gasteiger partial charge < -0.3 is 10.2 Å². The number of hydrogen-bond donors (Lipinski definition) is 1. The number of nitro benzene ring substituents is 1. The summed E-state index contributed by atoms with van der Waals surface area (Å²) in [5, 5.41) is 14.4. The van der Waals surface area contributed by atoms with E-state index in [2.05, 4.69) is 15.1 Å². The average Bonchev–Trinajstić information content (AvgIpc) is 2.64. The van der Waals surface area contributed by atoms with Gasteiger partial charge >= 0.3 is 0 Å². The molecule has 1 N–H and O–H groups in total. The highest BCUT2D eigenvalue weighted by atomic mass is 32.1. The van der Waals surface area contributed by atoms with Gasteiger partial charge in [0.25, 0.3) is 5.69 Å². The SMILES string of the molecule is O=[N+]([O-])c1ccc(NC(=S)N2CCN(Cc3ccc(F)cc3)CC2)cc1. The molecule has 0 bridgehead atoms. The molecule has 0 radical (unpaired) electrons. The zero-order valence-electron chi connectivity index (χ0n) is 14.1. The Bertz CT molecular complexity index is 775. The maximum Gasteiger partial charge on any atom is 0.269 e. The molecule has 0 aromatic heterocycles. The van der Waals surface area contributed by atoms with Crippen molar-refractivity contribution in [2.24, 2.45) is 0 Å². The molecule has 0 aliphatic carbocycles. The number of rotatable bonds is 4. The van der Waals surface area contributed by atoms with Gasteiger partial charge in [0.2, 0.25) is 0 Å². The summed E-state index contributed by atoms with van der Waals surface area (Å²) in [7, 11) is 0. The monoisotopic (exact) mass is 374 g/mol. The zero-order valence-corrected chi connectivity index (χ0v) is 14.9. The van der Waals surface area contributed by atoms with E-state index in [0.29, 0.717) is 5.11 Å². The lowest BCUT2D eigenvalue weighted by Crippen LogP contribution is -2.49. The number of hydrogen-bond acceptors (Lipinski definition) is 4. The highest BCUT2D eigenvalue weighted by Gasteiger charge is 2.19. The van der Waals surface area contributed by atoms with E-state index in [4.69, 9.17) is 12.2 Å². The minimum atomic E-state index is -0.428. The fourth-order valence-corrected chi connectivity index (χ4v) is 3.13. The summed E-state index contributed by atoms with van der Waals surface area (Å²) < 4.78 is 13.0. The summed E-state index contributed by atoms with van der Waals surface area (Å²) in [6, 6.07) is 12.8. The van der Waals surface area contributed by atoms with E-state index in [0.717, 1.165) is 44.0 Å². The fraction of sp³-hybridized carbons (Fsp3) is 0.278. The predicted molar refractivity (Wildman–Crippen MR) is 103 cm³/mol. The second-order valence-corrected chi connectivity index (χ2v) is 6.51. The Kier molecular flexibility index (Phi) is 5.75. The Morgan fingerprint density at radius 1 is 1.08 bits per heavy atom. The number of nitrogens with zero attached hydrogens (tertiary/aromatic N) is 3. The van der Waals surface area contributed by atoms with Crippen LogP contribution in [0, 0.1) is 15.9 Å². The number of benzene rings is 2. The lowest BCUT2D eigenvalue weighted by molar-refractivity contribution is -0.384. The summed E-state index contributed by atoms with van der Waals surface area (Å²) in [4.78, 5) is 14.6. The molecule has 1 saturated heterocycles. The minimum Gasteiger partial charge on any atom is -0.346 e. The van der Waals surface area contributed by atoms with Crippen LogP contribution in [0.5, 0.6) is 0 Å². The summed E-state index contributed by atoms with van der Waals surface area (Å²) in [6.45, 7) is 4.09. The molecule has 3 rings (SSSR count). The quantitative estimate of drug-likeness (QED) is 0.504. The van der Waals surface area contributed by atoms with E-state index in [9.17, 15) is 14.5 Å². The van der Waals surface area contributed by atoms with E-state index in [1.807, 2.05) is 12.1 Å². The number of non-ortho nitro benzene ring substituents is 1. The summed E-state index contributed by atoms with van der Waals surface area (Å²) in [6.07, 6.45) is 0. The van der Waals surface area contributed by atoms with Gasteiger partial charge in [0, 0.05) is 50.5 Å². The van der Waals surface area contributed by atoms with Crippen molar-refractivity contribution in [3.05, 3.63) is 70.0 Å². The second kappa shape index (κ2) is 8.20. The van der Waals surface area contributed by atoms with Crippen LogP contribution in [-0.4, -0.2) is 46.0 Å². The van der Waals surface area contributed by atoms with Gasteiger partial charge in [-0.25, -0.2) is 4.39 Å². The Morgan fingerprint density at radius 3 is 2.27 bits per heavy atom. The van der Waals surface area contributed by atoms with Gasteiger partial charge in [-0.2, -0.15) is 0 Å². The molecule has 0 unspecified atom stereocenters.